The van der Waals surface area contributed by atoms with Crippen molar-refractivity contribution < 1.29 is 13.2 Å². The second kappa shape index (κ2) is 7.75. The van der Waals surface area contributed by atoms with Crippen LogP contribution in [-0.2, 0) is 20.6 Å². The molecule has 0 saturated carbocycles. The van der Waals surface area contributed by atoms with Crippen LogP contribution in [0.4, 0.5) is 0 Å². The fourth-order valence-electron chi connectivity index (χ4n) is 1.77. The van der Waals surface area contributed by atoms with Crippen molar-refractivity contribution in [3.05, 3.63) is 27.7 Å². The SMILES string of the molecule is COCCCN(C)S(=O)(=O)c1cc(CCl)cc(Br)c1C. The van der Waals surface area contributed by atoms with Gasteiger partial charge in [0.15, 0.2) is 0 Å². The molecule has 0 atom stereocenters. The number of ether oxygens (including phenoxy) is 1. The summed E-state index contributed by atoms with van der Waals surface area (Å²) in [6.07, 6.45) is 0.654. The number of hydrogen-bond acceptors (Lipinski definition) is 3. The van der Waals surface area contributed by atoms with Crippen LogP contribution in [0.5, 0.6) is 0 Å². The molecule has 0 amide bonds. The second-order valence-electron chi connectivity index (χ2n) is 4.51. The van der Waals surface area contributed by atoms with Gasteiger partial charge < -0.3 is 4.74 Å². The summed E-state index contributed by atoms with van der Waals surface area (Å²) < 4.78 is 32.2. The van der Waals surface area contributed by atoms with Crippen LogP contribution >= 0.6 is 27.5 Å². The summed E-state index contributed by atoms with van der Waals surface area (Å²) in [4.78, 5) is 0.294. The van der Waals surface area contributed by atoms with Gasteiger partial charge in [0.2, 0.25) is 10.0 Å². The number of rotatable bonds is 7. The average molecular weight is 385 g/mol. The molecule has 4 nitrogen and oxygen atoms in total. The van der Waals surface area contributed by atoms with Gasteiger partial charge in [-0.1, -0.05) is 15.9 Å². The van der Waals surface area contributed by atoms with E-state index in [4.69, 9.17) is 16.3 Å². The summed E-state index contributed by atoms with van der Waals surface area (Å²) in [6.45, 7) is 2.72. The highest BCUT2D eigenvalue weighted by Crippen LogP contribution is 2.28. The maximum atomic E-state index is 12.6. The Morgan fingerprint density at radius 1 is 1.40 bits per heavy atom. The third kappa shape index (κ3) is 4.18. The highest BCUT2D eigenvalue weighted by atomic mass is 79.9. The number of hydrogen-bond donors (Lipinski definition) is 0. The van der Waals surface area contributed by atoms with E-state index >= 15 is 0 Å². The molecule has 0 spiro atoms. The molecular formula is C13H19BrClNO3S. The lowest BCUT2D eigenvalue weighted by Crippen LogP contribution is -2.29. The first-order valence-corrected chi connectivity index (χ1v) is 8.91. The Hall–Kier alpha value is -0.140. The van der Waals surface area contributed by atoms with E-state index in [1.54, 1.807) is 27.1 Å². The number of nitrogens with zero attached hydrogens (tertiary/aromatic N) is 1. The van der Waals surface area contributed by atoms with Crippen molar-refractivity contribution in [3.63, 3.8) is 0 Å². The van der Waals surface area contributed by atoms with Crippen LogP contribution in [0.15, 0.2) is 21.5 Å². The molecule has 1 aromatic carbocycles. The molecule has 7 heteroatoms. The number of halogens is 2. The van der Waals surface area contributed by atoms with E-state index in [1.807, 2.05) is 6.07 Å². The Bertz CT molecular complexity index is 563. The lowest BCUT2D eigenvalue weighted by atomic mass is 10.2. The minimum atomic E-state index is -3.52. The fraction of sp³-hybridized carbons (Fsp3) is 0.538. The molecule has 0 aromatic heterocycles. The van der Waals surface area contributed by atoms with E-state index in [0.717, 1.165) is 10.0 Å². The zero-order valence-corrected chi connectivity index (χ0v) is 15.0. The van der Waals surface area contributed by atoms with Gasteiger partial charge in [0, 0.05) is 37.7 Å². The summed E-state index contributed by atoms with van der Waals surface area (Å²) in [6, 6.07) is 3.47. The number of methoxy groups -OCH3 is 1. The molecule has 0 unspecified atom stereocenters. The Morgan fingerprint density at radius 2 is 2.05 bits per heavy atom. The molecule has 0 saturated heterocycles. The lowest BCUT2D eigenvalue weighted by molar-refractivity contribution is 0.189. The molecule has 20 heavy (non-hydrogen) atoms. The van der Waals surface area contributed by atoms with Gasteiger partial charge in [-0.2, -0.15) is 0 Å². The van der Waals surface area contributed by atoms with Crippen molar-refractivity contribution in [1.82, 2.24) is 4.31 Å². The van der Waals surface area contributed by atoms with Crippen LogP contribution in [0.3, 0.4) is 0 Å². The van der Waals surface area contributed by atoms with Crippen molar-refractivity contribution in [1.29, 1.82) is 0 Å². The molecule has 0 bridgehead atoms. The Morgan fingerprint density at radius 3 is 2.60 bits per heavy atom. The zero-order valence-electron chi connectivity index (χ0n) is 11.8. The molecule has 1 rings (SSSR count). The van der Waals surface area contributed by atoms with E-state index in [1.165, 1.54) is 4.31 Å². The highest BCUT2D eigenvalue weighted by molar-refractivity contribution is 9.10. The van der Waals surface area contributed by atoms with E-state index in [9.17, 15) is 8.42 Å². The van der Waals surface area contributed by atoms with Crippen molar-refractivity contribution >= 4 is 37.6 Å². The molecule has 0 heterocycles. The molecule has 1 aromatic rings. The van der Waals surface area contributed by atoms with Crippen molar-refractivity contribution in [2.24, 2.45) is 0 Å². The molecular weight excluding hydrogens is 366 g/mol. The Labute approximate surface area is 134 Å². The first-order chi connectivity index (χ1) is 9.34. The van der Waals surface area contributed by atoms with Gasteiger partial charge in [-0.3, -0.25) is 0 Å². The fourth-order valence-corrected chi connectivity index (χ4v) is 4.07. The first kappa shape index (κ1) is 17.9. The second-order valence-corrected chi connectivity index (χ2v) is 7.64. The van der Waals surface area contributed by atoms with Crippen molar-refractivity contribution in [2.45, 2.75) is 24.1 Å². The lowest BCUT2D eigenvalue weighted by Gasteiger charge is -2.19. The predicted octanol–water partition coefficient (Wildman–Crippen LogP) is 3.15. The third-order valence-corrected chi connectivity index (χ3v) is 6.14. The summed E-state index contributed by atoms with van der Waals surface area (Å²) in [5.74, 6) is 0.273. The van der Waals surface area contributed by atoms with Gasteiger partial charge in [-0.25, -0.2) is 12.7 Å². The predicted molar refractivity (Wildman–Crippen MR) is 84.7 cm³/mol. The molecule has 0 radical (unpaired) electrons. The minimum absolute atomic E-state index is 0.273. The normalized spacial score (nSPS) is 12.1. The van der Waals surface area contributed by atoms with Crippen LogP contribution in [0.25, 0.3) is 0 Å². The van der Waals surface area contributed by atoms with Crippen LogP contribution in [0.1, 0.15) is 17.5 Å². The smallest absolute Gasteiger partial charge is 0.243 e. The van der Waals surface area contributed by atoms with Crippen LogP contribution in [0.2, 0.25) is 0 Å². The molecule has 0 fully saturated rings. The summed E-state index contributed by atoms with van der Waals surface area (Å²) in [7, 11) is -0.344. The van der Waals surface area contributed by atoms with Gasteiger partial charge in [0.1, 0.15) is 0 Å². The summed E-state index contributed by atoms with van der Waals surface area (Å²) in [5, 5.41) is 0. The standard InChI is InChI=1S/C13H19BrClNO3S/c1-10-12(14)7-11(9-15)8-13(10)20(17,18)16(2)5-4-6-19-3/h7-8H,4-6,9H2,1-3H3. The van der Waals surface area contributed by atoms with Crippen LogP contribution in [-0.4, -0.2) is 40.0 Å². The van der Waals surface area contributed by atoms with Crippen LogP contribution < -0.4 is 0 Å². The number of sulfonamides is 1. The maximum Gasteiger partial charge on any atom is 0.243 e. The maximum absolute atomic E-state index is 12.6. The average Bonchev–Trinajstić information content (AvgIpc) is 2.41. The topological polar surface area (TPSA) is 46.6 Å². The molecule has 0 N–H and O–H groups in total. The largest absolute Gasteiger partial charge is 0.385 e. The molecule has 114 valence electrons. The van der Waals surface area contributed by atoms with Gasteiger partial charge in [-0.05, 0) is 36.6 Å². The van der Waals surface area contributed by atoms with Gasteiger partial charge in [-0.15, -0.1) is 11.6 Å². The van der Waals surface area contributed by atoms with Gasteiger partial charge in [0.05, 0.1) is 4.90 Å². The van der Waals surface area contributed by atoms with E-state index in [-0.39, 0.29) is 5.88 Å². The first-order valence-electron chi connectivity index (χ1n) is 6.14. The minimum Gasteiger partial charge on any atom is -0.385 e. The molecule has 0 aliphatic carbocycles. The number of benzene rings is 1. The van der Waals surface area contributed by atoms with Crippen molar-refractivity contribution in [2.75, 3.05) is 27.3 Å². The third-order valence-electron chi connectivity index (χ3n) is 3.02. The van der Waals surface area contributed by atoms with Crippen molar-refractivity contribution in [3.8, 4) is 0 Å². The molecule has 0 aliphatic heterocycles. The highest BCUT2D eigenvalue weighted by Gasteiger charge is 2.24. The van der Waals surface area contributed by atoms with Gasteiger partial charge >= 0.3 is 0 Å². The van der Waals surface area contributed by atoms with Gasteiger partial charge in [0.25, 0.3) is 0 Å². The molecule has 0 aliphatic rings. The zero-order chi connectivity index (χ0) is 15.3. The Balaban J connectivity index is 3.11. The van der Waals surface area contributed by atoms with E-state index < -0.39 is 10.0 Å². The monoisotopic (exact) mass is 383 g/mol. The summed E-state index contributed by atoms with van der Waals surface area (Å²) in [5.41, 5.74) is 1.46. The number of alkyl halides is 1. The van der Waals surface area contributed by atoms with Crippen LogP contribution in [0, 0.1) is 6.92 Å². The van der Waals surface area contributed by atoms with E-state index in [0.29, 0.717) is 30.0 Å². The quantitative estimate of drug-likeness (QED) is 0.536. The Kier molecular flexibility index (Phi) is 6.94. The summed E-state index contributed by atoms with van der Waals surface area (Å²) >= 11 is 9.19. The van der Waals surface area contributed by atoms with E-state index in [2.05, 4.69) is 15.9 Å².